The molecule has 0 radical (unpaired) electrons. The molecule has 0 fully saturated rings. The minimum atomic E-state index is 0.546. The fourth-order valence-electron chi connectivity index (χ4n) is 0.809. The molecule has 0 saturated heterocycles. The van der Waals surface area contributed by atoms with Gasteiger partial charge < -0.3 is 9.47 Å². The number of rotatable bonds is 4. The largest absolute Gasteiger partial charge is 0.491 e. The van der Waals surface area contributed by atoms with Gasteiger partial charge in [-0.2, -0.15) is 0 Å². The number of hydrogen-bond acceptors (Lipinski definition) is 2. The second-order valence-electron chi connectivity index (χ2n) is 2.42. The summed E-state index contributed by atoms with van der Waals surface area (Å²) >= 11 is 9.13. The molecular weight excluding hydrogens is 255 g/mol. The average molecular weight is 266 g/mol. The number of methoxy groups -OCH3 is 1. The predicted octanol–water partition coefficient (Wildman–Crippen LogP) is 3.13. The summed E-state index contributed by atoms with van der Waals surface area (Å²) in [6, 6.07) is 5.44. The van der Waals surface area contributed by atoms with Crippen molar-refractivity contribution in [3.05, 3.63) is 27.7 Å². The van der Waals surface area contributed by atoms with Crippen molar-refractivity contribution in [2.75, 3.05) is 20.3 Å². The lowest BCUT2D eigenvalue weighted by Gasteiger charge is -2.05. The molecule has 1 aromatic carbocycles. The molecule has 0 aliphatic heterocycles. The van der Waals surface area contributed by atoms with Crippen molar-refractivity contribution in [3.63, 3.8) is 0 Å². The zero-order valence-electron chi connectivity index (χ0n) is 7.22. The van der Waals surface area contributed by atoms with E-state index in [2.05, 4.69) is 15.9 Å². The Morgan fingerprint density at radius 3 is 2.77 bits per heavy atom. The van der Waals surface area contributed by atoms with Crippen LogP contribution in [0.3, 0.4) is 0 Å². The molecule has 1 rings (SSSR count). The molecule has 0 aliphatic rings. The van der Waals surface area contributed by atoms with Crippen molar-refractivity contribution in [1.29, 1.82) is 0 Å². The van der Waals surface area contributed by atoms with Crippen LogP contribution < -0.4 is 4.74 Å². The summed E-state index contributed by atoms with van der Waals surface area (Å²) in [7, 11) is 1.64. The summed E-state index contributed by atoms with van der Waals surface area (Å²) in [5, 5.41) is 0.680. The Kier molecular flexibility index (Phi) is 4.56. The van der Waals surface area contributed by atoms with Crippen LogP contribution in [0.5, 0.6) is 5.75 Å². The lowest BCUT2D eigenvalue weighted by Crippen LogP contribution is -2.03. The van der Waals surface area contributed by atoms with Gasteiger partial charge in [-0.25, -0.2) is 0 Å². The highest BCUT2D eigenvalue weighted by atomic mass is 79.9. The van der Waals surface area contributed by atoms with Crippen LogP contribution >= 0.6 is 27.5 Å². The first-order valence-electron chi connectivity index (χ1n) is 3.81. The lowest BCUT2D eigenvalue weighted by atomic mass is 10.3. The van der Waals surface area contributed by atoms with E-state index in [9.17, 15) is 0 Å². The lowest BCUT2D eigenvalue weighted by molar-refractivity contribution is 0.146. The van der Waals surface area contributed by atoms with Crippen LogP contribution in [0.25, 0.3) is 0 Å². The molecule has 0 amide bonds. The summed E-state index contributed by atoms with van der Waals surface area (Å²) in [6.45, 7) is 1.13. The third-order valence-electron chi connectivity index (χ3n) is 1.45. The zero-order chi connectivity index (χ0) is 9.68. The molecule has 0 heterocycles. The summed E-state index contributed by atoms with van der Waals surface area (Å²) in [6.07, 6.45) is 0. The van der Waals surface area contributed by atoms with Gasteiger partial charge in [-0.15, -0.1) is 0 Å². The fourth-order valence-corrected chi connectivity index (χ4v) is 1.28. The Balaban J connectivity index is 2.53. The maximum atomic E-state index is 5.81. The average Bonchev–Trinajstić information content (AvgIpc) is 2.12. The molecule has 0 atom stereocenters. The first kappa shape index (κ1) is 10.8. The highest BCUT2D eigenvalue weighted by Gasteiger charge is 1.98. The van der Waals surface area contributed by atoms with Gasteiger partial charge in [0, 0.05) is 11.6 Å². The number of halogens is 2. The van der Waals surface area contributed by atoms with Gasteiger partial charge >= 0.3 is 0 Å². The molecule has 0 spiro atoms. The predicted molar refractivity (Wildman–Crippen MR) is 56.5 cm³/mol. The van der Waals surface area contributed by atoms with Crippen molar-refractivity contribution in [3.8, 4) is 5.75 Å². The molecule has 2 nitrogen and oxygen atoms in total. The van der Waals surface area contributed by atoms with Gasteiger partial charge in [0.25, 0.3) is 0 Å². The standard InChI is InChI=1S/C9H10BrClO2/c1-12-4-5-13-7-2-3-9(11)8(10)6-7/h2-3,6H,4-5H2,1H3. The highest BCUT2D eigenvalue weighted by molar-refractivity contribution is 9.10. The van der Waals surface area contributed by atoms with Crippen molar-refractivity contribution >= 4 is 27.5 Å². The van der Waals surface area contributed by atoms with Crippen LogP contribution in [0, 0.1) is 0 Å². The molecule has 0 saturated carbocycles. The van der Waals surface area contributed by atoms with E-state index in [-0.39, 0.29) is 0 Å². The maximum Gasteiger partial charge on any atom is 0.120 e. The smallest absolute Gasteiger partial charge is 0.120 e. The van der Waals surface area contributed by atoms with Crippen LogP contribution in [0.4, 0.5) is 0 Å². The molecule has 1 aromatic rings. The van der Waals surface area contributed by atoms with E-state index in [1.54, 1.807) is 13.2 Å². The maximum absolute atomic E-state index is 5.81. The Hall–Kier alpha value is -0.250. The second kappa shape index (κ2) is 5.47. The third-order valence-corrected chi connectivity index (χ3v) is 2.66. The second-order valence-corrected chi connectivity index (χ2v) is 3.68. The van der Waals surface area contributed by atoms with Crippen molar-refractivity contribution < 1.29 is 9.47 Å². The quantitative estimate of drug-likeness (QED) is 0.779. The fraction of sp³-hybridized carbons (Fsp3) is 0.333. The van der Waals surface area contributed by atoms with E-state index in [1.165, 1.54) is 0 Å². The molecule has 0 unspecified atom stereocenters. The van der Waals surface area contributed by atoms with Crippen LogP contribution in [0.15, 0.2) is 22.7 Å². The Bertz CT molecular complexity index is 278. The molecule has 0 aliphatic carbocycles. The van der Waals surface area contributed by atoms with Crippen molar-refractivity contribution in [1.82, 2.24) is 0 Å². The van der Waals surface area contributed by atoms with Gasteiger partial charge in [0.1, 0.15) is 12.4 Å². The van der Waals surface area contributed by atoms with Crippen molar-refractivity contribution in [2.24, 2.45) is 0 Å². The molecule has 0 bridgehead atoms. The minimum absolute atomic E-state index is 0.546. The van der Waals surface area contributed by atoms with E-state index in [4.69, 9.17) is 21.1 Å². The minimum Gasteiger partial charge on any atom is -0.491 e. The molecule has 13 heavy (non-hydrogen) atoms. The topological polar surface area (TPSA) is 18.5 Å². The van der Waals surface area contributed by atoms with E-state index in [0.29, 0.717) is 18.2 Å². The Morgan fingerprint density at radius 2 is 2.15 bits per heavy atom. The van der Waals surface area contributed by atoms with Crippen LogP contribution in [-0.4, -0.2) is 20.3 Å². The van der Waals surface area contributed by atoms with E-state index < -0.39 is 0 Å². The summed E-state index contributed by atoms with van der Waals surface area (Å²) in [5.74, 6) is 0.785. The molecule has 4 heteroatoms. The van der Waals surface area contributed by atoms with Gasteiger partial charge in [0.05, 0.1) is 11.6 Å². The summed E-state index contributed by atoms with van der Waals surface area (Å²) in [4.78, 5) is 0. The number of ether oxygens (including phenoxy) is 2. The monoisotopic (exact) mass is 264 g/mol. The molecular formula is C9H10BrClO2. The van der Waals surface area contributed by atoms with Crippen LogP contribution in [-0.2, 0) is 4.74 Å². The molecule has 0 aromatic heterocycles. The SMILES string of the molecule is COCCOc1ccc(Cl)c(Br)c1. The van der Waals surface area contributed by atoms with Gasteiger partial charge in [-0.1, -0.05) is 11.6 Å². The van der Waals surface area contributed by atoms with Crippen molar-refractivity contribution in [2.45, 2.75) is 0 Å². The normalized spacial score (nSPS) is 10.1. The highest BCUT2D eigenvalue weighted by Crippen LogP contribution is 2.26. The molecule has 72 valence electrons. The number of benzene rings is 1. The first-order chi connectivity index (χ1) is 6.24. The van der Waals surface area contributed by atoms with Crippen LogP contribution in [0.2, 0.25) is 5.02 Å². The van der Waals surface area contributed by atoms with E-state index in [0.717, 1.165) is 10.2 Å². The van der Waals surface area contributed by atoms with E-state index >= 15 is 0 Å². The zero-order valence-corrected chi connectivity index (χ0v) is 9.56. The Morgan fingerprint density at radius 1 is 1.38 bits per heavy atom. The third kappa shape index (κ3) is 3.55. The summed E-state index contributed by atoms with van der Waals surface area (Å²) in [5.41, 5.74) is 0. The van der Waals surface area contributed by atoms with Gasteiger partial charge in [0.2, 0.25) is 0 Å². The van der Waals surface area contributed by atoms with Crippen LogP contribution in [0.1, 0.15) is 0 Å². The van der Waals surface area contributed by atoms with Gasteiger partial charge in [-0.05, 0) is 34.1 Å². The molecule has 0 N–H and O–H groups in total. The van der Waals surface area contributed by atoms with Gasteiger partial charge in [-0.3, -0.25) is 0 Å². The van der Waals surface area contributed by atoms with E-state index in [1.807, 2.05) is 12.1 Å². The van der Waals surface area contributed by atoms with Gasteiger partial charge in [0.15, 0.2) is 0 Å². The summed E-state index contributed by atoms with van der Waals surface area (Å²) < 4.78 is 11.1. The number of hydrogen-bond donors (Lipinski definition) is 0. The first-order valence-corrected chi connectivity index (χ1v) is 4.98. The Labute approximate surface area is 90.9 Å².